The molecule has 0 aliphatic rings. The summed E-state index contributed by atoms with van der Waals surface area (Å²) in [5, 5.41) is 8.60. The lowest BCUT2D eigenvalue weighted by Crippen LogP contribution is -1.88. The summed E-state index contributed by atoms with van der Waals surface area (Å²) < 4.78 is 15.2. The summed E-state index contributed by atoms with van der Waals surface area (Å²) in [6.07, 6.45) is 1.39. The Morgan fingerprint density at radius 3 is 2.68 bits per heavy atom. The number of nitrogens with zero attached hydrogens (tertiary/aromatic N) is 4. The van der Waals surface area contributed by atoms with Gasteiger partial charge in [0.25, 0.3) is 0 Å². The first-order chi connectivity index (χ1) is 10.5. The molecule has 0 aliphatic carbocycles. The van der Waals surface area contributed by atoms with Gasteiger partial charge in [-0.05, 0) is 42.7 Å². The molecule has 0 unspecified atom stereocenters. The van der Waals surface area contributed by atoms with Gasteiger partial charge in [-0.25, -0.2) is 9.37 Å². The molecule has 2 heterocycles. The van der Waals surface area contributed by atoms with Crippen LogP contribution in [0.3, 0.4) is 0 Å². The van der Waals surface area contributed by atoms with E-state index in [0.29, 0.717) is 11.5 Å². The van der Waals surface area contributed by atoms with E-state index >= 15 is 0 Å². The molecule has 5 heteroatoms. The highest BCUT2D eigenvalue weighted by molar-refractivity contribution is 5.53. The number of hydrogen-bond acceptors (Lipinski definition) is 3. The van der Waals surface area contributed by atoms with Crippen LogP contribution in [0.25, 0.3) is 5.65 Å². The molecular formula is C17H17FN4. The summed E-state index contributed by atoms with van der Waals surface area (Å²) in [6, 6.07) is 10.8. The van der Waals surface area contributed by atoms with Crippen molar-refractivity contribution in [2.45, 2.75) is 26.7 Å². The van der Waals surface area contributed by atoms with Crippen molar-refractivity contribution in [1.29, 1.82) is 0 Å². The molecule has 3 rings (SSSR count). The molecule has 0 saturated heterocycles. The number of aromatic nitrogens is 2. The van der Waals surface area contributed by atoms with Crippen molar-refractivity contribution in [3.63, 3.8) is 0 Å². The summed E-state index contributed by atoms with van der Waals surface area (Å²) in [6.45, 7) is 6.07. The van der Waals surface area contributed by atoms with Gasteiger partial charge in [0, 0.05) is 6.20 Å². The van der Waals surface area contributed by atoms with Gasteiger partial charge in [-0.1, -0.05) is 26.0 Å². The minimum atomic E-state index is -0.327. The first kappa shape index (κ1) is 14.4. The standard InChI is InChI=1S/C17H17FN4/c1-11(2)16-17(21-20-14-6-4-5-12(3)9-14)22-10-13(18)7-8-15(22)19-16/h4-11H,1-3H3. The van der Waals surface area contributed by atoms with E-state index < -0.39 is 0 Å². The normalized spacial score (nSPS) is 11.9. The lowest BCUT2D eigenvalue weighted by atomic mass is 10.1. The highest BCUT2D eigenvalue weighted by atomic mass is 19.1. The molecule has 0 atom stereocenters. The van der Waals surface area contributed by atoms with E-state index in [1.807, 2.05) is 45.0 Å². The van der Waals surface area contributed by atoms with E-state index in [1.54, 1.807) is 10.5 Å². The van der Waals surface area contributed by atoms with Crippen LogP contribution in [0.15, 0.2) is 52.8 Å². The Bertz CT molecular complexity index is 849. The summed E-state index contributed by atoms with van der Waals surface area (Å²) >= 11 is 0. The molecular weight excluding hydrogens is 279 g/mol. The lowest BCUT2D eigenvalue weighted by Gasteiger charge is -2.02. The quantitative estimate of drug-likeness (QED) is 0.603. The summed E-state index contributed by atoms with van der Waals surface area (Å²) in [5.74, 6) is 0.424. The molecule has 0 amide bonds. The van der Waals surface area contributed by atoms with Gasteiger partial charge in [-0.15, -0.1) is 10.2 Å². The third-order valence-corrected chi connectivity index (χ3v) is 3.39. The monoisotopic (exact) mass is 296 g/mol. The van der Waals surface area contributed by atoms with Crippen LogP contribution in [0.2, 0.25) is 0 Å². The molecule has 0 spiro atoms. The second-order valence-corrected chi connectivity index (χ2v) is 5.59. The van der Waals surface area contributed by atoms with Crippen LogP contribution in [-0.4, -0.2) is 9.38 Å². The van der Waals surface area contributed by atoms with Crippen molar-refractivity contribution in [3.8, 4) is 0 Å². The number of halogens is 1. The van der Waals surface area contributed by atoms with Crippen molar-refractivity contribution < 1.29 is 4.39 Å². The minimum absolute atomic E-state index is 0.175. The van der Waals surface area contributed by atoms with Gasteiger partial charge in [-0.3, -0.25) is 4.40 Å². The number of fused-ring (bicyclic) bond motifs is 1. The number of aryl methyl sites for hydroxylation is 1. The van der Waals surface area contributed by atoms with E-state index in [4.69, 9.17) is 0 Å². The average molecular weight is 296 g/mol. The first-order valence-corrected chi connectivity index (χ1v) is 7.20. The van der Waals surface area contributed by atoms with Gasteiger partial charge in [-0.2, -0.15) is 0 Å². The maximum absolute atomic E-state index is 13.5. The minimum Gasteiger partial charge on any atom is -0.280 e. The third kappa shape index (κ3) is 2.74. The molecule has 0 bridgehead atoms. The SMILES string of the molecule is Cc1cccc(N=Nc2c(C(C)C)nc3ccc(F)cn23)c1. The van der Waals surface area contributed by atoms with Gasteiger partial charge in [0.2, 0.25) is 0 Å². The molecule has 0 radical (unpaired) electrons. The largest absolute Gasteiger partial charge is 0.280 e. The Balaban J connectivity index is 2.12. The molecule has 1 aromatic carbocycles. The van der Waals surface area contributed by atoms with Crippen molar-refractivity contribution in [2.75, 3.05) is 0 Å². The second kappa shape index (κ2) is 5.67. The fourth-order valence-electron chi connectivity index (χ4n) is 2.31. The number of pyridine rings is 1. The number of benzene rings is 1. The van der Waals surface area contributed by atoms with Crippen LogP contribution in [-0.2, 0) is 0 Å². The Kier molecular flexibility index (Phi) is 3.71. The van der Waals surface area contributed by atoms with E-state index in [-0.39, 0.29) is 11.7 Å². The molecule has 22 heavy (non-hydrogen) atoms. The Morgan fingerprint density at radius 1 is 1.14 bits per heavy atom. The summed E-state index contributed by atoms with van der Waals surface area (Å²) in [4.78, 5) is 4.53. The zero-order valence-corrected chi connectivity index (χ0v) is 12.8. The highest BCUT2D eigenvalue weighted by Gasteiger charge is 2.15. The fourth-order valence-corrected chi connectivity index (χ4v) is 2.31. The summed E-state index contributed by atoms with van der Waals surface area (Å²) in [5.41, 5.74) is 3.36. The average Bonchev–Trinajstić information content (AvgIpc) is 2.83. The van der Waals surface area contributed by atoms with E-state index in [2.05, 4.69) is 15.2 Å². The molecule has 112 valence electrons. The first-order valence-electron chi connectivity index (χ1n) is 7.20. The molecule has 4 nitrogen and oxygen atoms in total. The molecule has 0 fully saturated rings. The second-order valence-electron chi connectivity index (χ2n) is 5.59. The topological polar surface area (TPSA) is 42.0 Å². The Hall–Kier alpha value is -2.56. The van der Waals surface area contributed by atoms with Crippen molar-refractivity contribution in [1.82, 2.24) is 9.38 Å². The van der Waals surface area contributed by atoms with Crippen LogP contribution in [0.4, 0.5) is 15.9 Å². The maximum Gasteiger partial charge on any atom is 0.183 e. The number of hydrogen-bond donors (Lipinski definition) is 0. The molecule has 0 N–H and O–H groups in total. The number of azo groups is 1. The predicted octanol–water partition coefficient (Wildman–Crippen LogP) is 5.32. The van der Waals surface area contributed by atoms with Crippen molar-refractivity contribution in [2.24, 2.45) is 10.2 Å². The van der Waals surface area contributed by atoms with Crippen LogP contribution < -0.4 is 0 Å². The van der Waals surface area contributed by atoms with Gasteiger partial charge in [0.15, 0.2) is 5.82 Å². The van der Waals surface area contributed by atoms with Crippen LogP contribution >= 0.6 is 0 Å². The van der Waals surface area contributed by atoms with Crippen LogP contribution in [0, 0.1) is 12.7 Å². The summed E-state index contributed by atoms with van der Waals surface area (Å²) in [7, 11) is 0. The Labute approximate surface area is 128 Å². The van der Waals surface area contributed by atoms with Gasteiger partial charge in [0.1, 0.15) is 11.5 Å². The van der Waals surface area contributed by atoms with Gasteiger partial charge >= 0.3 is 0 Å². The molecule has 0 saturated carbocycles. The van der Waals surface area contributed by atoms with Crippen LogP contribution in [0.1, 0.15) is 31.0 Å². The highest BCUT2D eigenvalue weighted by Crippen LogP contribution is 2.29. The number of imidazole rings is 1. The maximum atomic E-state index is 13.5. The van der Waals surface area contributed by atoms with Crippen molar-refractivity contribution in [3.05, 3.63) is 59.7 Å². The van der Waals surface area contributed by atoms with Gasteiger partial charge in [0.05, 0.1) is 11.4 Å². The fraction of sp³-hybridized carbons (Fsp3) is 0.235. The van der Waals surface area contributed by atoms with Gasteiger partial charge < -0.3 is 0 Å². The lowest BCUT2D eigenvalue weighted by molar-refractivity contribution is 0.619. The molecule has 2 aromatic heterocycles. The smallest absolute Gasteiger partial charge is 0.183 e. The molecule has 0 aliphatic heterocycles. The molecule has 3 aromatic rings. The third-order valence-electron chi connectivity index (χ3n) is 3.39. The van der Waals surface area contributed by atoms with Crippen molar-refractivity contribution >= 4 is 17.2 Å². The zero-order valence-electron chi connectivity index (χ0n) is 12.8. The predicted molar refractivity (Wildman–Crippen MR) is 84.6 cm³/mol. The number of rotatable bonds is 3. The van der Waals surface area contributed by atoms with Crippen LogP contribution in [0.5, 0.6) is 0 Å². The van der Waals surface area contributed by atoms with E-state index in [1.165, 1.54) is 12.3 Å². The van der Waals surface area contributed by atoms with E-state index in [0.717, 1.165) is 16.9 Å². The zero-order chi connectivity index (χ0) is 15.7. The van der Waals surface area contributed by atoms with E-state index in [9.17, 15) is 4.39 Å². The Morgan fingerprint density at radius 2 is 1.95 bits per heavy atom.